The summed E-state index contributed by atoms with van der Waals surface area (Å²) >= 11 is 7.34. The molecule has 4 heterocycles. The van der Waals surface area contributed by atoms with Crippen LogP contribution in [0.25, 0.3) is 4.96 Å². The molecule has 0 fully saturated rings. The Balaban J connectivity index is 1.40. The van der Waals surface area contributed by atoms with E-state index in [0.29, 0.717) is 34.6 Å². The number of anilines is 3. The maximum absolute atomic E-state index is 12.8. The molecule has 1 aliphatic heterocycles. The standard InChI is InChI=1S/C17H13ClN6O3S2/c18-13-16(23-6-8-28-17(23)21-13)29(25,26)22-10-1-3-11(4-2-10)24-9-20-15-12(14(24)19)5-7-27-15/h1-8,19-20,22H,9H2. The lowest BCUT2D eigenvalue weighted by atomic mass is 10.2. The normalized spacial score (nSPS) is 14.1. The third-order valence-electron chi connectivity index (χ3n) is 4.45. The Bertz CT molecular complexity index is 1340. The van der Waals surface area contributed by atoms with E-state index in [4.69, 9.17) is 21.4 Å². The van der Waals surface area contributed by atoms with Crippen molar-refractivity contribution in [3.63, 3.8) is 0 Å². The average Bonchev–Trinajstić information content (AvgIpc) is 3.38. The minimum absolute atomic E-state index is 0.0790. The van der Waals surface area contributed by atoms with Crippen LogP contribution in [0.1, 0.15) is 5.56 Å². The third-order valence-corrected chi connectivity index (χ3v) is 6.99. The van der Waals surface area contributed by atoms with Gasteiger partial charge in [-0.3, -0.25) is 14.5 Å². The van der Waals surface area contributed by atoms with Crippen LogP contribution >= 0.6 is 22.9 Å². The Morgan fingerprint density at radius 2 is 2.07 bits per heavy atom. The molecule has 0 spiro atoms. The number of thiazole rings is 1. The molecule has 0 saturated heterocycles. The molecule has 3 aromatic heterocycles. The summed E-state index contributed by atoms with van der Waals surface area (Å²) in [6.07, 6.45) is 3.13. The first kappa shape index (κ1) is 18.0. The number of furan rings is 1. The predicted molar refractivity (Wildman–Crippen MR) is 112 cm³/mol. The summed E-state index contributed by atoms with van der Waals surface area (Å²) in [5.74, 6) is 0.861. The van der Waals surface area contributed by atoms with E-state index in [1.165, 1.54) is 22.0 Å². The number of hydrogen-bond acceptors (Lipinski definition) is 7. The van der Waals surface area contributed by atoms with E-state index in [9.17, 15) is 8.42 Å². The summed E-state index contributed by atoms with van der Waals surface area (Å²) < 4.78 is 34.9. The van der Waals surface area contributed by atoms with Crippen molar-refractivity contribution in [3.05, 3.63) is 58.9 Å². The maximum atomic E-state index is 12.8. The van der Waals surface area contributed by atoms with Crippen molar-refractivity contribution >= 4 is 61.0 Å². The Morgan fingerprint density at radius 1 is 1.28 bits per heavy atom. The van der Waals surface area contributed by atoms with Crippen LogP contribution in [0, 0.1) is 5.41 Å². The van der Waals surface area contributed by atoms with Gasteiger partial charge in [-0.25, -0.2) is 4.98 Å². The molecule has 148 valence electrons. The third kappa shape index (κ3) is 2.94. The second kappa shape index (κ2) is 6.51. The smallest absolute Gasteiger partial charge is 0.281 e. The monoisotopic (exact) mass is 448 g/mol. The van der Waals surface area contributed by atoms with Gasteiger partial charge >= 0.3 is 0 Å². The van der Waals surface area contributed by atoms with Crippen LogP contribution in [0.3, 0.4) is 0 Å². The minimum Gasteiger partial charge on any atom is -0.448 e. The molecule has 29 heavy (non-hydrogen) atoms. The molecule has 0 aliphatic carbocycles. The molecule has 0 unspecified atom stereocenters. The minimum atomic E-state index is -3.93. The van der Waals surface area contributed by atoms with Gasteiger partial charge in [0.25, 0.3) is 10.0 Å². The summed E-state index contributed by atoms with van der Waals surface area (Å²) in [7, 11) is -3.93. The van der Waals surface area contributed by atoms with E-state index in [1.54, 1.807) is 46.8 Å². The topological polar surface area (TPSA) is 116 Å². The van der Waals surface area contributed by atoms with Gasteiger partial charge in [-0.1, -0.05) is 11.6 Å². The van der Waals surface area contributed by atoms with E-state index in [-0.39, 0.29) is 10.2 Å². The zero-order valence-corrected chi connectivity index (χ0v) is 17.0. The van der Waals surface area contributed by atoms with E-state index in [0.717, 1.165) is 5.69 Å². The Morgan fingerprint density at radius 3 is 2.86 bits per heavy atom. The molecule has 4 aromatic rings. The fraction of sp³-hybridized carbons (Fsp3) is 0.0588. The fourth-order valence-electron chi connectivity index (χ4n) is 3.12. The number of amidine groups is 1. The van der Waals surface area contributed by atoms with Gasteiger partial charge in [0.2, 0.25) is 5.88 Å². The van der Waals surface area contributed by atoms with Crippen molar-refractivity contribution in [3.8, 4) is 0 Å². The van der Waals surface area contributed by atoms with Gasteiger partial charge in [-0.05, 0) is 30.3 Å². The van der Waals surface area contributed by atoms with Gasteiger partial charge in [-0.15, -0.1) is 11.3 Å². The van der Waals surface area contributed by atoms with Crippen molar-refractivity contribution in [2.75, 3.05) is 21.6 Å². The van der Waals surface area contributed by atoms with Crippen molar-refractivity contribution in [2.45, 2.75) is 5.03 Å². The summed E-state index contributed by atoms with van der Waals surface area (Å²) in [4.78, 5) is 6.31. The van der Waals surface area contributed by atoms with E-state index in [1.807, 2.05) is 0 Å². The molecule has 0 saturated carbocycles. The zero-order valence-electron chi connectivity index (χ0n) is 14.6. The summed E-state index contributed by atoms with van der Waals surface area (Å²) in [5, 5.41) is 13.0. The molecule has 3 N–H and O–H groups in total. The molecule has 5 rings (SSSR count). The first-order chi connectivity index (χ1) is 13.9. The van der Waals surface area contributed by atoms with Crippen LogP contribution in [-0.4, -0.2) is 30.3 Å². The molecule has 9 nitrogen and oxygen atoms in total. The zero-order chi connectivity index (χ0) is 20.2. The van der Waals surface area contributed by atoms with Crippen molar-refractivity contribution in [2.24, 2.45) is 0 Å². The second-order valence-corrected chi connectivity index (χ2v) is 9.02. The van der Waals surface area contributed by atoms with E-state index < -0.39 is 10.0 Å². The number of aromatic nitrogens is 2. The van der Waals surface area contributed by atoms with Gasteiger partial charge in [0, 0.05) is 23.0 Å². The number of nitrogens with one attached hydrogen (secondary N) is 3. The Kier molecular flexibility index (Phi) is 4.05. The number of benzene rings is 1. The quantitative estimate of drug-likeness (QED) is 0.438. The van der Waals surface area contributed by atoms with E-state index >= 15 is 0 Å². The number of nitrogens with zero attached hydrogens (tertiary/aromatic N) is 3. The first-order valence-corrected chi connectivity index (χ1v) is 11.1. The van der Waals surface area contributed by atoms with Crippen molar-refractivity contribution in [1.82, 2.24) is 9.38 Å². The molecular weight excluding hydrogens is 436 g/mol. The highest BCUT2D eigenvalue weighted by Crippen LogP contribution is 2.30. The molecule has 1 aliphatic rings. The Labute approximate surface area is 174 Å². The van der Waals surface area contributed by atoms with Crippen LogP contribution in [0.5, 0.6) is 0 Å². The second-order valence-electron chi connectivity index (χ2n) is 6.19. The SMILES string of the molecule is N=C1c2ccoc2NCN1c1ccc(NS(=O)(=O)c2c(Cl)nc3sccn23)cc1. The van der Waals surface area contributed by atoms with Crippen LogP contribution in [0.4, 0.5) is 17.3 Å². The molecule has 0 radical (unpaired) electrons. The highest BCUT2D eigenvalue weighted by molar-refractivity contribution is 7.92. The number of fused-ring (bicyclic) bond motifs is 2. The summed E-state index contributed by atoms with van der Waals surface area (Å²) in [6.45, 7) is 0.367. The molecule has 12 heteroatoms. The van der Waals surface area contributed by atoms with Crippen molar-refractivity contribution in [1.29, 1.82) is 5.41 Å². The van der Waals surface area contributed by atoms with Gasteiger partial charge in [0.05, 0.1) is 18.5 Å². The largest absolute Gasteiger partial charge is 0.448 e. The summed E-state index contributed by atoms with van der Waals surface area (Å²) in [5.41, 5.74) is 1.77. The molecule has 1 aromatic carbocycles. The predicted octanol–water partition coefficient (Wildman–Crippen LogP) is 3.66. The van der Waals surface area contributed by atoms with Gasteiger partial charge in [0.1, 0.15) is 5.84 Å². The number of imidazole rings is 1. The lowest BCUT2D eigenvalue weighted by molar-refractivity contribution is 0.577. The number of halogens is 1. The number of rotatable bonds is 4. The maximum Gasteiger partial charge on any atom is 0.281 e. The van der Waals surface area contributed by atoms with Crippen molar-refractivity contribution < 1.29 is 12.8 Å². The highest BCUT2D eigenvalue weighted by Gasteiger charge is 2.26. The lowest BCUT2D eigenvalue weighted by Gasteiger charge is -2.29. The summed E-state index contributed by atoms with van der Waals surface area (Å²) in [6, 6.07) is 8.45. The van der Waals surface area contributed by atoms with Crippen LogP contribution in [0.15, 0.2) is 57.6 Å². The first-order valence-electron chi connectivity index (χ1n) is 8.36. The highest BCUT2D eigenvalue weighted by atomic mass is 35.5. The molecule has 0 bridgehead atoms. The van der Waals surface area contributed by atoms with Crippen LogP contribution in [0.2, 0.25) is 5.15 Å². The molecule has 0 amide bonds. The molecular formula is C17H13ClN6O3S2. The van der Waals surface area contributed by atoms with Gasteiger partial charge in [-0.2, -0.15) is 8.42 Å². The van der Waals surface area contributed by atoms with Gasteiger partial charge < -0.3 is 14.6 Å². The molecule has 0 atom stereocenters. The Hall–Kier alpha value is -3.02. The lowest BCUT2D eigenvalue weighted by Crippen LogP contribution is -2.39. The number of sulfonamides is 1. The van der Waals surface area contributed by atoms with E-state index in [2.05, 4.69) is 15.0 Å². The average molecular weight is 449 g/mol. The van der Waals surface area contributed by atoms with Crippen LogP contribution < -0.4 is 14.9 Å². The van der Waals surface area contributed by atoms with Crippen LogP contribution in [-0.2, 0) is 10.0 Å². The number of hydrogen-bond donors (Lipinski definition) is 3. The fourth-order valence-corrected chi connectivity index (χ4v) is 5.63. The van der Waals surface area contributed by atoms with Gasteiger partial charge in [0.15, 0.2) is 15.1 Å².